The molecule has 0 atom stereocenters. The van der Waals surface area contributed by atoms with Crippen LogP contribution in [0.2, 0.25) is 0 Å². The summed E-state index contributed by atoms with van der Waals surface area (Å²) in [4.78, 5) is 22.7. The number of aryl methyl sites for hydroxylation is 1. The zero-order chi connectivity index (χ0) is 16.9. The van der Waals surface area contributed by atoms with Crippen LogP contribution < -0.4 is 10.6 Å². The molecular weight excluding hydrogens is 296 g/mol. The number of amides is 2. The summed E-state index contributed by atoms with van der Waals surface area (Å²) in [6, 6.07) is 7.65. The van der Waals surface area contributed by atoms with Crippen molar-refractivity contribution in [3.63, 3.8) is 0 Å². The maximum Gasteiger partial charge on any atom is 0.226 e. The third kappa shape index (κ3) is 9.65. The van der Waals surface area contributed by atoms with Gasteiger partial charge in [0.05, 0.1) is 32.8 Å². The van der Waals surface area contributed by atoms with Gasteiger partial charge in [-0.1, -0.05) is 24.6 Å². The summed E-state index contributed by atoms with van der Waals surface area (Å²) in [5, 5.41) is 5.53. The molecule has 0 saturated carbocycles. The normalized spacial score (nSPS) is 10.3. The van der Waals surface area contributed by atoms with Crippen molar-refractivity contribution < 1.29 is 19.1 Å². The van der Waals surface area contributed by atoms with Crippen LogP contribution in [-0.2, 0) is 19.1 Å². The molecule has 6 nitrogen and oxygen atoms in total. The Balaban J connectivity index is 1.95. The van der Waals surface area contributed by atoms with Gasteiger partial charge in [-0.3, -0.25) is 9.59 Å². The summed E-state index contributed by atoms with van der Waals surface area (Å²) in [6.45, 7) is 6.00. The number of hydrogen-bond acceptors (Lipinski definition) is 4. The number of anilines is 1. The molecule has 0 saturated heterocycles. The van der Waals surface area contributed by atoms with E-state index in [1.807, 2.05) is 31.2 Å². The van der Waals surface area contributed by atoms with Crippen LogP contribution in [0.4, 0.5) is 5.69 Å². The van der Waals surface area contributed by atoms with E-state index < -0.39 is 0 Å². The first-order chi connectivity index (χ1) is 11.1. The van der Waals surface area contributed by atoms with Crippen molar-refractivity contribution in [2.45, 2.75) is 26.7 Å². The Labute approximate surface area is 137 Å². The van der Waals surface area contributed by atoms with Crippen molar-refractivity contribution in [2.24, 2.45) is 0 Å². The first-order valence-electron chi connectivity index (χ1n) is 7.90. The Morgan fingerprint density at radius 2 is 1.61 bits per heavy atom. The molecule has 0 fully saturated rings. The second-order valence-electron chi connectivity index (χ2n) is 5.09. The Hall–Kier alpha value is -1.92. The molecule has 2 N–H and O–H groups in total. The van der Waals surface area contributed by atoms with Crippen molar-refractivity contribution in [2.75, 3.05) is 38.3 Å². The van der Waals surface area contributed by atoms with Crippen molar-refractivity contribution in [1.82, 2.24) is 5.32 Å². The van der Waals surface area contributed by atoms with Crippen molar-refractivity contribution >= 4 is 17.5 Å². The van der Waals surface area contributed by atoms with Crippen LogP contribution in [0.15, 0.2) is 24.3 Å². The van der Waals surface area contributed by atoms with Gasteiger partial charge in [0.25, 0.3) is 0 Å². The Morgan fingerprint density at radius 1 is 0.957 bits per heavy atom. The van der Waals surface area contributed by atoms with Gasteiger partial charge in [-0.15, -0.1) is 0 Å². The standard InChI is InChI=1S/C17H26N2O4/c1-3-16(20)18-9-11-23-13-12-22-10-8-17(21)19-15-6-4-14(2)5-7-15/h4-7H,3,8-13H2,1-2H3,(H,18,20)(H,19,21). The Kier molecular flexibility index (Phi) is 9.66. The zero-order valence-electron chi connectivity index (χ0n) is 13.9. The summed E-state index contributed by atoms with van der Waals surface area (Å²) < 4.78 is 10.6. The van der Waals surface area contributed by atoms with Crippen LogP contribution in [0.25, 0.3) is 0 Å². The molecule has 0 aliphatic heterocycles. The molecule has 2 amide bonds. The zero-order valence-corrected chi connectivity index (χ0v) is 13.9. The molecule has 0 bridgehead atoms. The molecular formula is C17H26N2O4. The summed E-state index contributed by atoms with van der Waals surface area (Å²) in [6.07, 6.45) is 0.786. The van der Waals surface area contributed by atoms with Gasteiger partial charge in [-0.25, -0.2) is 0 Å². The number of hydrogen-bond donors (Lipinski definition) is 2. The fourth-order valence-corrected chi connectivity index (χ4v) is 1.73. The molecule has 1 aromatic rings. The molecule has 0 aliphatic rings. The van der Waals surface area contributed by atoms with Crippen LogP contribution in [0.1, 0.15) is 25.3 Å². The van der Waals surface area contributed by atoms with Gasteiger partial charge in [0.2, 0.25) is 11.8 Å². The fourth-order valence-electron chi connectivity index (χ4n) is 1.73. The van der Waals surface area contributed by atoms with E-state index in [0.29, 0.717) is 45.8 Å². The minimum absolute atomic E-state index is 0.0180. The molecule has 0 aromatic heterocycles. The third-order valence-electron chi connectivity index (χ3n) is 3.07. The predicted octanol–water partition coefficient (Wildman–Crippen LogP) is 1.88. The summed E-state index contributed by atoms with van der Waals surface area (Å²) >= 11 is 0. The number of nitrogens with one attached hydrogen (secondary N) is 2. The lowest BCUT2D eigenvalue weighted by Crippen LogP contribution is -2.26. The number of ether oxygens (including phenoxy) is 2. The monoisotopic (exact) mass is 322 g/mol. The maximum absolute atomic E-state index is 11.7. The molecule has 0 unspecified atom stereocenters. The van der Waals surface area contributed by atoms with E-state index in [4.69, 9.17) is 9.47 Å². The maximum atomic E-state index is 11.7. The van der Waals surface area contributed by atoms with Crippen LogP contribution >= 0.6 is 0 Å². The first kappa shape index (κ1) is 19.1. The van der Waals surface area contributed by atoms with E-state index in [9.17, 15) is 9.59 Å². The van der Waals surface area contributed by atoms with Crippen molar-refractivity contribution in [1.29, 1.82) is 0 Å². The molecule has 0 spiro atoms. The van der Waals surface area contributed by atoms with Gasteiger partial charge in [-0.05, 0) is 19.1 Å². The third-order valence-corrected chi connectivity index (χ3v) is 3.07. The fraction of sp³-hybridized carbons (Fsp3) is 0.529. The van der Waals surface area contributed by atoms with E-state index in [1.165, 1.54) is 0 Å². The quantitative estimate of drug-likeness (QED) is 0.610. The molecule has 0 radical (unpaired) electrons. The van der Waals surface area contributed by atoms with E-state index in [-0.39, 0.29) is 11.8 Å². The van der Waals surface area contributed by atoms with Gasteiger partial charge >= 0.3 is 0 Å². The lowest BCUT2D eigenvalue weighted by atomic mass is 10.2. The smallest absolute Gasteiger partial charge is 0.226 e. The summed E-state index contributed by atoms with van der Waals surface area (Å²) in [7, 11) is 0. The molecule has 1 rings (SSSR count). The van der Waals surface area contributed by atoms with E-state index in [1.54, 1.807) is 6.92 Å². The number of carbonyl (C=O) groups is 2. The molecule has 128 valence electrons. The van der Waals surface area contributed by atoms with E-state index in [0.717, 1.165) is 11.3 Å². The lowest BCUT2D eigenvalue weighted by Gasteiger charge is -2.07. The van der Waals surface area contributed by atoms with Crippen LogP contribution in [0.3, 0.4) is 0 Å². The average molecular weight is 322 g/mol. The van der Waals surface area contributed by atoms with Crippen molar-refractivity contribution in [3.8, 4) is 0 Å². The predicted molar refractivity (Wildman–Crippen MR) is 89.4 cm³/mol. The Bertz CT molecular complexity index is 474. The summed E-state index contributed by atoms with van der Waals surface area (Å²) in [5.41, 5.74) is 1.94. The average Bonchev–Trinajstić information content (AvgIpc) is 2.55. The van der Waals surface area contributed by atoms with Gasteiger partial charge in [0.1, 0.15) is 0 Å². The topological polar surface area (TPSA) is 76.7 Å². The highest BCUT2D eigenvalue weighted by molar-refractivity contribution is 5.90. The molecule has 6 heteroatoms. The number of carbonyl (C=O) groups excluding carboxylic acids is 2. The molecule has 0 aliphatic carbocycles. The second-order valence-corrected chi connectivity index (χ2v) is 5.09. The largest absolute Gasteiger partial charge is 0.379 e. The molecule has 0 heterocycles. The van der Waals surface area contributed by atoms with Crippen LogP contribution in [0.5, 0.6) is 0 Å². The molecule has 23 heavy (non-hydrogen) atoms. The van der Waals surface area contributed by atoms with Crippen LogP contribution in [-0.4, -0.2) is 44.8 Å². The minimum atomic E-state index is -0.0722. The van der Waals surface area contributed by atoms with E-state index in [2.05, 4.69) is 10.6 Å². The molecule has 1 aromatic carbocycles. The number of rotatable bonds is 11. The Morgan fingerprint density at radius 3 is 2.26 bits per heavy atom. The van der Waals surface area contributed by atoms with Crippen LogP contribution in [0, 0.1) is 6.92 Å². The highest BCUT2D eigenvalue weighted by Crippen LogP contribution is 2.08. The van der Waals surface area contributed by atoms with Gasteiger partial charge in [0, 0.05) is 18.7 Å². The highest BCUT2D eigenvalue weighted by atomic mass is 16.5. The van der Waals surface area contributed by atoms with E-state index >= 15 is 0 Å². The van der Waals surface area contributed by atoms with Gasteiger partial charge in [0.15, 0.2) is 0 Å². The van der Waals surface area contributed by atoms with Gasteiger partial charge in [-0.2, -0.15) is 0 Å². The second kappa shape index (κ2) is 11.6. The SMILES string of the molecule is CCC(=O)NCCOCCOCCC(=O)Nc1ccc(C)cc1. The van der Waals surface area contributed by atoms with Gasteiger partial charge < -0.3 is 20.1 Å². The lowest BCUT2D eigenvalue weighted by molar-refractivity contribution is -0.121. The minimum Gasteiger partial charge on any atom is -0.379 e. The van der Waals surface area contributed by atoms with Crippen molar-refractivity contribution in [3.05, 3.63) is 29.8 Å². The number of benzene rings is 1. The first-order valence-corrected chi connectivity index (χ1v) is 7.90. The summed E-state index contributed by atoms with van der Waals surface area (Å²) in [5.74, 6) is -0.0542. The highest BCUT2D eigenvalue weighted by Gasteiger charge is 2.02.